The van der Waals surface area contributed by atoms with Crippen LogP contribution in [0.4, 0.5) is 10.7 Å². The molecule has 0 unspecified atom stereocenters. The standard InChI is InChI=1S/C28H31N5O4S2/c1-5-36-22-14-12-20(13-15-22)29-16-23-31-32-28(33(23)21-10-8-7-9-11-21)38-17-24(34)30-26-25(27(35)37-6-2)18(3)19(4)39-26/h7-15,29H,5-6,16-17H2,1-4H3,(H,30,34). The molecule has 0 aliphatic carbocycles. The summed E-state index contributed by atoms with van der Waals surface area (Å²) >= 11 is 2.64. The topological polar surface area (TPSA) is 107 Å². The number of hydrogen-bond donors (Lipinski definition) is 2. The van der Waals surface area contributed by atoms with Crippen molar-refractivity contribution in [1.29, 1.82) is 0 Å². The fraction of sp³-hybridized carbons (Fsp3) is 0.286. The second-order valence-electron chi connectivity index (χ2n) is 8.43. The molecule has 39 heavy (non-hydrogen) atoms. The van der Waals surface area contributed by atoms with Crippen LogP contribution in [0, 0.1) is 13.8 Å². The van der Waals surface area contributed by atoms with Crippen molar-refractivity contribution >= 4 is 45.7 Å². The van der Waals surface area contributed by atoms with E-state index in [1.54, 1.807) is 6.92 Å². The third-order valence-electron chi connectivity index (χ3n) is 5.78. The first kappa shape index (κ1) is 28.2. The van der Waals surface area contributed by atoms with Crippen molar-refractivity contribution in [3.63, 3.8) is 0 Å². The number of carbonyl (C=O) groups is 2. The van der Waals surface area contributed by atoms with Gasteiger partial charge in [-0.25, -0.2) is 4.79 Å². The van der Waals surface area contributed by atoms with Gasteiger partial charge >= 0.3 is 5.97 Å². The quantitative estimate of drug-likeness (QED) is 0.162. The average Bonchev–Trinajstić information content (AvgIpc) is 3.47. The van der Waals surface area contributed by atoms with Gasteiger partial charge in [-0.15, -0.1) is 21.5 Å². The summed E-state index contributed by atoms with van der Waals surface area (Å²) in [6.45, 7) is 8.79. The van der Waals surface area contributed by atoms with Gasteiger partial charge in [0, 0.05) is 16.3 Å². The van der Waals surface area contributed by atoms with E-state index in [1.807, 2.05) is 79.9 Å². The molecule has 0 bridgehead atoms. The second kappa shape index (κ2) is 13.3. The summed E-state index contributed by atoms with van der Waals surface area (Å²) in [6, 6.07) is 17.5. The Labute approximate surface area is 235 Å². The maximum absolute atomic E-state index is 12.9. The zero-order chi connectivity index (χ0) is 27.8. The second-order valence-corrected chi connectivity index (χ2v) is 10.6. The minimum Gasteiger partial charge on any atom is -0.494 e. The fourth-order valence-corrected chi connectivity index (χ4v) is 5.65. The Morgan fingerprint density at radius 3 is 2.44 bits per heavy atom. The summed E-state index contributed by atoms with van der Waals surface area (Å²) in [5, 5.41) is 16.1. The van der Waals surface area contributed by atoms with E-state index in [1.165, 1.54) is 23.1 Å². The van der Waals surface area contributed by atoms with Gasteiger partial charge in [-0.3, -0.25) is 9.36 Å². The number of aryl methyl sites for hydroxylation is 1. The molecular weight excluding hydrogens is 534 g/mol. The molecule has 204 valence electrons. The smallest absolute Gasteiger partial charge is 0.341 e. The molecule has 0 saturated heterocycles. The van der Waals surface area contributed by atoms with E-state index in [2.05, 4.69) is 20.8 Å². The Bertz CT molecular complexity index is 1420. The maximum atomic E-state index is 12.9. The lowest BCUT2D eigenvalue weighted by Gasteiger charge is -2.12. The van der Waals surface area contributed by atoms with Gasteiger partial charge in [-0.05, 0) is 69.7 Å². The highest BCUT2D eigenvalue weighted by molar-refractivity contribution is 7.99. The van der Waals surface area contributed by atoms with Crippen LogP contribution in [0.5, 0.6) is 5.75 Å². The SMILES string of the molecule is CCOC(=O)c1c(NC(=O)CSc2nnc(CNc3ccc(OCC)cc3)n2-c2ccccc2)sc(C)c1C. The maximum Gasteiger partial charge on any atom is 0.341 e. The van der Waals surface area contributed by atoms with Crippen LogP contribution in [0.3, 0.4) is 0 Å². The van der Waals surface area contributed by atoms with E-state index >= 15 is 0 Å². The molecule has 2 aromatic heterocycles. The van der Waals surface area contributed by atoms with Crippen LogP contribution in [0.15, 0.2) is 59.8 Å². The van der Waals surface area contributed by atoms with Crippen LogP contribution in [0.25, 0.3) is 5.69 Å². The highest BCUT2D eigenvalue weighted by Crippen LogP contribution is 2.33. The van der Waals surface area contributed by atoms with Gasteiger partial charge in [0.25, 0.3) is 0 Å². The normalized spacial score (nSPS) is 10.8. The van der Waals surface area contributed by atoms with Crippen LogP contribution in [0.1, 0.15) is 40.5 Å². The van der Waals surface area contributed by atoms with Crippen LogP contribution in [-0.2, 0) is 16.1 Å². The molecule has 2 heterocycles. The van der Waals surface area contributed by atoms with Crippen molar-refractivity contribution in [3.8, 4) is 11.4 Å². The van der Waals surface area contributed by atoms with Gasteiger partial charge in [-0.2, -0.15) is 0 Å². The van der Waals surface area contributed by atoms with Crippen LogP contribution >= 0.6 is 23.1 Å². The summed E-state index contributed by atoms with van der Waals surface area (Å²) in [5.41, 5.74) is 3.04. The molecule has 0 radical (unpaired) electrons. The number of amides is 1. The minimum absolute atomic E-state index is 0.0928. The van der Waals surface area contributed by atoms with Crippen LogP contribution in [0.2, 0.25) is 0 Å². The van der Waals surface area contributed by atoms with Crippen molar-refractivity contribution in [2.75, 3.05) is 29.6 Å². The number of nitrogens with zero attached hydrogens (tertiary/aromatic N) is 3. The molecule has 0 saturated carbocycles. The first-order chi connectivity index (χ1) is 18.9. The Hall–Kier alpha value is -3.83. The van der Waals surface area contributed by atoms with E-state index in [9.17, 15) is 9.59 Å². The van der Waals surface area contributed by atoms with Gasteiger partial charge in [0.1, 0.15) is 10.8 Å². The Morgan fingerprint density at radius 2 is 1.74 bits per heavy atom. The number of hydrogen-bond acceptors (Lipinski definition) is 9. The van der Waals surface area contributed by atoms with Gasteiger partial charge < -0.3 is 20.1 Å². The summed E-state index contributed by atoms with van der Waals surface area (Å²) in [4.78, 5) is 26.3. The van der Waals surface area contributed by atoms with Crippen molar-refractivity contribution in [1.82, 2.24) is 14.8 Å². The van der Waals surface area contributed by atoms with Gasteiger partial charge in [0.2, 0.25) is 5.91 Å². The number of rotatable bonds is 12. The molecule has 0 fully saturated rings. The molecule has 11 heteroatoms. The number of aromatic nitrogens is 3. The van der Waals surface area contributed by atoms with E-state index in [4.69, 9.17) is 9.47 Å². The summed E-state index contributed by atoms with van der Waals surface area (Å²) in [7, 11) is 0. The largest absolute Gasteiger partial charge is 0.494 e. The number of benzene rings is 2. The molecule has 2 aromatic carbocycles. The number of anilines is 2. The highest BCUT2D eigenvalue weighted by Gasteiger charge is 2.23. The molecule has 2 N–H and O–H groups in total. The zero-order valence-corrected chi connectivity index (χ0v) is 23.9. The molecular formula is C28H31N5O4S2. The first-order valence-corrected chi connectivity index (χ1v) is 14.4. The minimum atomic E-state index is -0.434. The Kier molecular flexibility index (Phi) is 9.61. The number of ether oxygens (including phenoxy) is 2. The lowest BCUT2D eigenvalue weighted by atomic mass is 10.1. The number of nitrogens with one attached hydrogen (secondary N) is 2. The number of para-hydroxylation sites is 1. The average molecular weight is 566 g/mol. The van der Waals surface area contributed by atoms with Gasteiger partial charge in [0.05, 0.1) is 31.1 Å². The van der Waals surface area contributed by atoms with Crippen LogP contribution in [-0.4, -0.2) is 45.6 Å². The highest BCUT2D eigenvalue weighted by atomic mass is 32.2. The zero-order valence-electron chi connectivity index (χ0n) is 22.3. The lowest BCUT2D eigenvalue weighted by molar-refractivity contribution is -0.113. The van der Waals surface area contributed by atoms with Crippen molar-refractivity contribution in [2.24, 2.45) is 0 Å². The predicted octanol–water partition coefficient (Wildman–Crippen LogP) is 5.86. The number of thioether (sulfide) groups is 1. The number of thiophene rings is 1. The van der Waals surface area contributed by atoms with Crippen molar-refractivity contribution in [3.05, 3.63) is 76.4 Å². The molecule has 4 rings (SSSR count). The van der Waals surface area contributed by atoms with Crippen molar-refractivity contribution < 1.29 is 19.1 Å². The summed E-state index contributed by atoms with van der Waals surface area (Å²) < 4.78 is 12.6. The Balaban J connectivity index is 1.48. The monoisotopic (exact) mass is 565 g/mol. The molecule has 0 spiro atoms. The molecule has 9 nitrogen and oxygen atoms in total. The number of carbonyl (C=O) groups excluding carboxylic acids is 2. The molecule has 4 aromatic rings. The molecule has 0 atom stereocenters. The molecule has 1 amide bonds. The van der Waals surface area contributed by atoms with E-state index in [0.29, 0.717) is 34.7 Å². The Morgan fingerprint density at radius 1 is 1.00 bits per heavy atom. The lowest BCUT2D eigenvalue weighted by Crippen LogP contribution is -2.17. The molecule has 0 aliphatic heterocycles. The third kappa shape index (κ3) is 6.98. The van der Waals surface area contributed by atoms with Crippen LogP contribution < -0.4 is 15.4 Å². The van der Waals surface area contributed by atoms with E-state index < -0.39 is 5.97 Å². The van der Waals surface area contributed by atoms with Gasteiger partial charge in [-0.1, -0.05) is 30.0 Å². The fourth-order valence-electron chi connectivity index (χ4n) is 3.82. The van der Waals surface area contributed by atoms with E-state index in [0.717, 1.165) is 27.6 Å². The molecule has 0 aliphatic rings. The van der Waals surface area contributed by atoms with Gasteiger partial charge in [0.15, 0.2) is 11.0 Å². The predicted molar refractivity (Wildman–Crippen MR) is 155 cm³/mol. The summed E-state index contributed by atoms with van der Waals surface area (Å²) in [5.74, 6) is 0.927. The number of esters is 1. The van der Waals surface area contributed by atoms with Crippen molar-refractivity contribution in [2.45, 2.75) is 39.4 Å². The third-order valence-corrected chi connectivity index (χ3v) is 7.83. The van der Waals surface area contributed by atoms with E-state index in [-0.39, 0.29) is 18.3 Å². The first-order valence-electron chi connectivity index (χ1n) is 12.6. The summed E-state index contributed by atoms with van der Waals surface area (Å²) in [6.07, 6.45) is 0.